The lowest BCUT2D eigenvalue weighted by Crippen LogP contribution is -2.47. The number of rotatable bonds is 7. The molecule has 0 saturated carbocycles. The zero-order chi connectivity index (χ0) is 17.6. The number of nitriles is 1. The highest BCUT2D eigenvalue weighted by Gasteiger charge is 2.39. The minimum atomic E-state index is -3.67. The van der Waals surface area contributed by atoms with Gasteiger partial charge in [0.25, 0.3) is 0 Å². The summed E-state index contributed by atoms with van der Waals surface area (Å²) in [7, 11) is -2.04. The number of hydrogen-bond acceptors (Lipinski definition) is 5. The topological polar surface area (TPSA) is 90.6 Å². The van der Waals surface area contributed by atoms with E-state index in [1.165, 1.54) is 16.4 Å². The molecule has 0 radical (unpaired) electrons. The molecule has 0 aliphatic carbocycles. The molecule has 1 aliphatic heterocycles. The van der Waals surface area contributed by atoms with Crippen molar-refractivity contribution in [1.82, 2.24) is 4.31 Å². The summed E-state index contributed by atoms with van der Waals surface area (Å²) < 4.78 is 32.3. The molecule has 24 heavy (non-hydrogen) atoms. The van der Waals surface area contributed by atoms with E-state index in [0.29, 0.717) is 31.7 Å². The molecule has 1 N–H and O–H groups in total. The zero-order valence-electron chi connectivity index (χ0n) is 13.9. The predicted octanol–water partition coefficient (Wildman–Crippen LogP) is 1.75. The van der Waals surface area contributed by atoms with Crippen molar-refractivity contribution in [2.75, 3.05) is 33.4 Å². The fourth-order valence-electron chi connectivity index (χ4n) is 3.25. The third-order valence-corrected chi connectivity index (χ3v) is 6.46. The first-order valence-corrected chi connectivity index (χ1v) is 9.51. The van der Waals surface area contributed by atoms with Gasteiger partial charge in [0.05, 0.1) is 16.5 Å². The molecule has 132 valence electrons. The largest absolute Gasteiger partial charge is 0.396 e. The fourth-order valence-corrected chi connectivity index (χ4v) is 4.88. The second-order valence-electron chi connectivity index (χ2n) is 6.34. The van der Waals surface area contributed by atoms with Gasteiger partial charge in [0.1, 0.15) is 0 Å². The van der Waals surface area contributed by atoms with E-state index in [4.69, 9.17) is 10.00 Å². The molecule has 1 aliphatic rings. The number of aliphatic hydroxyl groups excluding tert-OH is 1. The third-order valence-electron chi connectivity index (χ3n) is 4.62. The number of ether oxygens (including phenoxy) is 1. The van der Waals surface area contributed by atoms with Crippen molar-refractivity contribution in [1.29, 1.82) is 5.26 Å². The molecule has 1 heterocycles. The molecule has 1 aromatic rings. The van der Waals surface area contributed by atoms with Crippen LogP contribution in [0.3, 0.4) is 0 Å². The Morgan fingerprint density at radius 3 is 2.92 bits per heavy atom. The van der Waals surface area contributed by atoms with Crippen LogP contribution in [-0.4, -0.2) is 51.2 Å². The second kappa shape index (κ2) is 8.08. The van der Waals surface area contributed by atoms with Crippen LogP contribution in [0.5, 0.6) is 0 Å². The summed E-state index contributed by atoms with van der Waals surface area (Å²) in [6.07, 6.45) is 3.03. The van der Waals surface area contributed by atoms with Gasteiger partial charge < -0.3 is 9.84 Å². The highest BCUT2D eigenvalue weighted by Crippen LogP contribution is 2.36. The molecule has 1 unspecified atom stereocenters. The van der Waals surface area contributed by atoms with Crippen molar-refractivity contribution in [2.24, 2.45) is 5.41 Å². The summed E-state index contributed by atoms with van der Waals surface area (Å²) in [6, 6.07) is 8.03. The van der Waals surface area contributed by atoms with Gasteiger partial charge in [0.2, 0.25) is 10.0 Å². The number of piperidine rings is 1. The fraction of sp³-hybridized carbons (Fsp3) is 0.588. The van der Waals surface area contributed by atoms with Crippen LogP contribution in [-0.2, 0) is 14.8 Å². The average Bonchev–Trinajstić information content (AvgIpc) is 2.62. The molecular weight excluding hydrogens is 328 g/mol. The van der Waals surface area contributed by atoms with Gasteiger partial charge in [0.15, 0.2) is 0 Å². The first-order chi connectivity index (χ1) is 11.5. The van der Waals surface area contributed by atoms with E-state index in [9.17, 15) is 13.5 Å². The number of sulfonamides is 1. The number of nitrogens with zero attached hydrogens (tertiary/aromatic N) is 2. The van der Waals surface area contributed by atoms with Gasteiger partial charge >= 0.3 is 0 Å². The van der Waals surface area contributed by atoms with E-state index >= 15 is 0 Å². The van der Waals surface area contributed by atoms with Crippen LogP contribution < -0.4 is 0 Å². The van der Waals surface area contributed by atoms with Crippen molar-refractivity contribution < 1.29 is 18.3 Å². The maximum absolute atomic E-state index is 12.9. The Kier molecular flexibility index (Phi) is 6.35. The first-order valence-electron chi connectivity index (χ1n) is 8.07. The summed E-state index contributed by atoms with van der Waals surface area (Å²) in [5.41, 5.74) is -0.0990. The number of hydrogen-bond donors (Lipinski definition) is 1. The van der Waals surface area contributed by atoms with Gasteiger partial charge in [-0.1, -0.05) is 6.07 Å². The summed E-state index contributed by atoms with van der Waals surface area (Å²) in [5.74, 6) is 0. The molecule has 1 aromatic carbocycles. The Morgan fingerprint density at radius 1 is 1.46 bits per heavy atom. The quantitative estimate of drug-likeness (QED) is 0.755. The molecule has 0 aromatic heterocycles. The van der Waals surface area contributed by atoms with Gasteiger partial charge in [-0.05, 0) is 43.9 Å². The van der Waals surface area contributed by atoms with E-state index < -0.39 is 15.4 Å². The average molecular weight is 352 g/mol. The summed E-state index contributed by atoms with van der Waals surface area (Å²) in [5, 5.41) is 18.8. The van der Waals surface area contributed by atoms with Crippen molar-refractivity contribution >= 4 is 10.0 Å². The summed E-state index contributed by atoms with van der Waals surface area (Å²) >= 11 is 0. The molecule has 0 amide bonds. The molecule has 0 spiro atoms. The molecular formula is C17H24N2O4S. The van der Waals surface area contributed by atoms with Crippen LogP contribution in [0.4, 0.5) is 0 Å². The minimum absolute atomic E-state index is 0.0407. The monoisotopic (exact) mass is 352 g/mol. The van der Waals surface area contributed by atoms with Gasteiger partial charge in [0, 0.05) is 38.8 Å². The SMILES string of the molecule is COCCCC1(CO)CCCN(S(=O)(=O)c2cccc(C#N)c2)C1. The molecule has 0 bridgehead atoms. The van der Waals surface area contributed by atoms with Gasteiger partial charge in [-0.25, -0.2) is 8.42 Å². The van der Waals surface area contributed by atoms with E-state index in [2.05, 4.69) is 0 Å². The molecule has 1 saturated heterocycles. The van der Waals surface area contributed by atoms with Crippen LogP contribution in [0, 0.1) is 16.7 Å². The summed E-state index contributed by atoms with van der Waals surface area (Å²) in [6.45, 7) is 1.29. The Labute approximate surface area is 143 Å². The van der Waals surface area contributed by atoms with Crippen molar-refractivity contribution in [3.05, 3.63) is 29.8 Å². The van der Waals surface area contributed by atoms with Crippen molar-refractivity contribution in [3.8, 4) is 6.07 Å². The van der Waals surface area contributed by atoms with E-state index in [0.717, 1.165) is 19.3 Å². The van der Waals surface area contributed by atoms with Crippen LogP contribution in [0.15, 0.2) is 29.2 Å². The Morgan fingerprint density at radius 2 is 2.25 bits per heavy atom. The molecule has 6 nitrogen and oxygen atoms in total. The van der Waals surface area contributed by atoms with Gasteiger partial charge in [-0.2, -0.15) is 9.57 Å². The number of aliphatic hydroxyl groups is 1. The lowest BCUT2D eigenvalue weighted by atomic mass is 9.78. The van der Waals surface area contributed by atoms with Crippen LogP contribution in [0.1, 0.15) is 31.2 Å². The van der Waals surface area contributed by atoms with Crippen LogP contribution >= 0.6 is 0 Å². The Hall–Kier alpha value is -1.46. The van der Waals surface area contributed by atoms with E-state index in [-0.39, 0.29) is 11.5 Å². The highest BCUT2D eigenvalue weighted by molar-refractivity contribution is 7.89. The van der Waals surface area contributed by atoms with E-state index in [1.54, 1.807) is 19.2 Å². The molecule has 1 fully saturated rings. The molecule has 1 atom stereocenters. The van der Waals surface area contributed by atoms with Crippen LogP contribution in [0.25, 0.3) is 0 Å². The first kappa shape index (κ1) is 18.9. The Bertz CT molecular complexity index is 699. The lowest BCUT2D eigenvalue weighted by Gasteiger charge is -2.41. The minimum Gasteiger partial charge on any atom is -0.396 e. The van der Waals surface area contributed by atoms with Crippen molar-refractivity contribution in [3.63, 3.8) is 0 Å². The van der Waals surface area contributed by atoms with Crippen LogP contribution in [0.2, 0.25) is 0 Å². The second-order valence-corrected chi connectivity index (χ2v) is 8.27. The predicted molar refractivity (Wildman–Crippen MR) is 89.8 cm³/mol. The smallest absolute Gasteiger partial charge is 0.243 e. The number of benzene rings is 1. The highest BCUT2D eigenvalue weighted by atomic mass is 32.2. The van der Waals surface area contributed by atoms with Crippen molar-refractivity contribution in [2.45, 2.75) is 30.6 Å². The zero-order valence-corrected chi connectivity index (χ0v) is 14.8. The maximum Gasteiger partial charge on any atom is 0.243 e. The van der Waals surface area contributed by atoms with Gasteiger partial charge in [-0.15, -0.1) is 0 Å². The normalized spacial score (nSPS) is 22.2. The lowest BCUT2D eigenvalue weighted by molar-refractivity contribution is 0.0472. The van der Waals surface area contributed by atoms with Gasteiger partial charge in [-0.3, -0.25) is 0 Å². The maximum atomic E-state index is 12.9. The van der Waals surface area contributed by atoms with E-state index in [1.807, 2.05) is 6.07 Å². The third kappa shape index (κ3) is 4.14. The molecule has 2 rings (SSSR count). The standard InChI is InChI=1S/C17H24N2O4S/c1-23-10-4-8-17(14-20)7-3-9-19(13-17)24(21,22)16-6-2-5-15(11-16)12-18/h2,5-6,11,20H,3-4,7-10,13-14H2,1H3. The summed E-state index contributed by atoms with van der Waals surface area (Å²) in [4.78, 5) is 0.132. The number of methoxy groups -OCH3 is 1. The molecule has 7 heteroatoms. The Balaban J connectivity index is 2.22.